The molecular weight excluding hydrogens is 316 g/mol. The van der Waals surface area contributed by atoms with E-state index < -0.39 is 23.7 Å². The Morgan fingerprint density at radius 2 is 2.22 bits per heavy atom. The van der Waals surface area contributed by atoms with Crippen molar-refractivity contribution in [3.63, 3.8) is 0 Å². The van der Waals surface area contributed by atoms with E-state index in [-0.39, 0.29) is 6.04 Å². The highest BCUT2D eigenvalue weighted by Gasteiger charge is 2.33. The number of amides is 1. The Morgan fingerprint density at radius 1 is 1.48 bits per heavy atom. The average Bonchev–Trinajstić information content (AvgIpc) is 2.90. The number of thiophene rings is 1. The van der Waals surface area contributed by atoms with Gasteiger partial charge in [0, 0.05) is 17.5 Å². The quantitative estimate of drug-likeness (QED) is 0.881. The van der Waals surface area contributed by atoms with Crippen molar-refractivity contribution in [1.82, 2.24) is 10.2 Å². The number of ether oxygens (including phenoxy) is 1. The van der Waals surface area contributed by atoms with Gasteiger partial charge in [-0.15, -0.1) is 11.3 Å². The van der Waals surface area contributed by atoms with E-state index in [1.807, 2.05) is 43.2 Å². The summed E-state index contributed by atoms with van der Waals surface area (Å²) in [5.41, 5.74) is -0.543. The molecule has 1 aromatic rings. The third-order valence-corrected chi connectivity index (χ3v) is 4.51. The third-order valence-electron chi connectivity index (χ3n) is 3.59. The molecule has 0 bridgehead atoms. The molecule has 0 radical (unpaired) electrons. The number of hydrogen-bond donors (Lipinski definition) is 2. The molecule has 0 aromatic carbocycles. The van der Waals surface area contributed by atoms with Crippen LogP contribution in [0.5, 0.6) is 0 Å². The van der Waals surface area contributed by atoms with Gasteiger partial charge in [0.15, 0.2) is 0 Å². The number of likely N-dealkylation sites (tertiary alicyclic amines) is 1. The molecule has 2 rings (SSSR count). The minimum absolute atomic E-state index is 0.0968. The van der Waals surface area contributed by atoms with Crippen LogP contribution >= 0.6 is 11.3 Å². The van der Waals surface area contributed by atoms with Gasteiger partial charge in [-0.25, -0.2) is 4.79 Å². The van der Waals surface area contributed by atoms with E-state index in [1.54, 1.807) is 0 Å². The van der Waals surface area contributed by atoms with Crippen LogP contribution in [0.2, 0.25) is 0 Å². The van der Waals surface area contributed by atoms with Crippen molar-refractivity contribution in [2.75, 3.05) is 13.1 Å². The zero-order valence-corrected chi connectivity index (χ0v) is 14.6. The second-order valence-electron chi connectivity index (χ2n) is 6.74. The first-order valence-electron chi connectivity index (χ1n) is 7.76. The molecule has 0 spiro atoms. The molecule has 0 unspecified atom stereocenters. The maximum atomic E-state index is 11.9. The van der Waals surface area contributed by atoms with Gasteiger partial charge in [0.1, 0.15) is 11.6 Å². The molecule has 2 N–H and O–H groups in total. The maximum absolute atomic E-state index is 11.9. The zero-order valence-electron chi connectivity index (χ0n) is 13.7. The predicted molar refractivity (Wildman–Crippen MR) is 88.7 cm³/mol. The molecular formula is C16H24N2O4S. The lowest BCUT2D eigenvalue weighted by Crippen LogP contribution is -2.50. The van der Waals surface area contributed by atoms with Gasteiger partial charge in [-0.05, 0) is 51.6 Å². The Hall–Kier alpha value is -1.60. The SMILES string of the molecule is CC(C)(C)OC(=O)N[C@H]1CCCN([C@@H](C(=O)O)c2cccs2)C1. The molecule has 1 saturated heterocycles. The second kappa shape index (κ2) is 7.31. The van der Waals surface area contributed by atoms with Gasteiger partial charge in [0.2, 0.25) is 0 Å². The molecule has 6 nitrogen and oxygen atoms in total. The summed E-state index contributed by atoms with van der Waals surface area (Å²) in [6, 6.07) is 2.95. The Kier molecular flexibility index (Phi) is 5.64. The monoisotopic (exact) mass is 340 g/mol. The number of carbonyl (C=O) groups is 2. The van der Waals surface area contributed by atoms with Crippen molar-refractivity contribution in [1.29, 1.82) is 0 Å². The molecule has 1 fully saturated rings. The van der Waals surface area contributed by atoms with E-state index in [0.29, 0.717) is 13.1 Å². The molecule has 0 aliphatic carbocycles. The van der Waals surface area contributed by atoms with E-state index in [2.05, 4.69) is 5.32 Å². The molecule has 2 heterocycles. The van der Waals surface area contributed by atoms with E-state index in [1.165, 1.54) is 11.3 Å². The molecule has 1 amide bonds. The van der Waals surface area contributed by atoms with E-state index in [9.17, 15) is 14.7 Å². The lowest BCUT2D eigenvalue weighted by atomic mass is 10.0. The minimum atomic E-state index is -0.856. The van der Waals surface area contributed by atoms with Crippen LogP contribution in [0.3, 0.4) is 0 Å². The van der Waals surface area contributed by atoms with Crippen molar-refractivity contribution < 1.29 is 19.4 Å². The van der Waals surface area contributed by atoms with Gasteiger partial charge in [-0.1, -0.05) is 6.07 Å². The molecule has 1 aliphatic heterocycles. The standard InChI is InChI=1S/C16H24N2O4S/c1-16(2,3)22-15(21)17-11-6-4-8-18(10-11)13(14(19)20)12-7-5-9-23-12/h5,7,9,11,13H,4,6,8,10H2,1-3H3,(H,17,21)(H,19,20)/t11-,13+/m0/s1. The summed E-state index contributed by atoms with van der Waals surface area (Å²) in [6.07, 6.45) is 1.22. The number of carbonyl (C=O) groups excluding carboxylic acids is 1. The van der Waals surface area contributed by atoms with Crippen LogP contribution in [0.15, 0.2) is 17.5 Å². The van der Waals surface area contributed by atoms with E-state index in [0.717, 1.165) is 17.7 Å². The van der Waals surface area contributed by atoms with Crippen molar-refractivity contribution >= 4 is 23.4 Å². The van der Waals surface area contributed by atoms with Crippen molar-refractivity contribution in [3.8, 4) is 0 Å². The highest BCUT2D eigenvalue weighted by molar-refractivity contribution is 7.10. The van der Waals surface area contributed by atoms with Crippen LogP contribution in [0.1, 0.15) is 44.5 Å². The first-order chi connectivity index (χ1) is 10.8. The number of nitrogens with zero attached hydrogens (tertiary/aromatic N) is 1. The largest absolute Gasteiger partial charge is 0.480 e. The molecule has 128 valence electrons. The highest BCUT2D eigenvalue weighted by atomic mass is 32.1. The summed E-state index contributed by atoms with van der Waals surface area (Å²) in [7, 11) is 0. The van der Waals surface area contributed by atoms with Crippen LogP contribution < -0.4 is 5.32 Å². The Balaban J connectivity index is 1.99. The number of carboxylic acids is 1. The first-order valence-corrected chi connectivity index (χ1v) is 8.64. The predicted octanol–water partition coefficient (Wildman–Crippen LogP) is 2.86. The summed E-state index contributed by atoms with van der Waals surface area (Å²) in [6.45, 7) is 6.67. The topological polar surface area (TPSA) is 78.9 Å². The normalized spacial score (nSPS) is 20.7. The second-order valence-corrected chi connectivity index (χ2v) is 7.72. The molecule has 1 aromatic heterocycles. The van der Waals surface area contributed by atoms with Gasteiger partial charge < -0.3 is 15.2 Å². The van der Waals surface area contributed by atoms with Crippen molar-refractivity contribution in [3.05, 3.63) is 22.4 Å². The van der Waals surface area contributed by atoms with Crippen LogP contribution in [-0.2, 0) is 9.53 Å². The number of hydrogen-bond acceptors (Lipinski definition) is 5. The van der Waals surface area contributed by atoms with Gasteiger partial charge in [0.25, 0.3) is 0 Å². The first kappa shape index (κ1) is 17.7. The summed E-state index contributed by atoms with van der Waals surface area (Å²) >= 11 is 1.44. The summed E-state index contributed by atoms with van der Waals surface area (Å²) < 4.78 is 5.27. The van der Waals surface area contributed by atoms with Crippen LogP contribution in [-0.4, -0.2) is 46.8 Å². The molecule has 7 heteroatoms. The lowest BCUT2D eigenvalue weighted by Gasteiger charge is -2.36. The summed E-state index contributed by atoms with van der Waals surface area (Å²) in [5.74, 6) is -0.856. The third kappa shape index (κ3) is 5.21. The number of aliphatic carboxylic acids is 1. The van der Waals surface area contributed by atoms with Crippen molar-refractivity contribution in [2.45, 2.75) is 51.3 Å². The number of rotatable bonds is 4. The molecule has 23 heavy (non-hydrogen) atoms. The fraction of sp³-hybridized carbons (Fsp3) is 0.625. The average molecular weight is 340 g/mol. The summed E-state index contributed by atoms with van der Waals surface area (Å²) in [4.78, 5) is 26.3. The van der Waals surface area contributed by atoms with Crippen LogP contribution in [0.25, 0.3) is 0 Å². The maximum Gasteiger partial charge on any atom is 0.407 e. The van der Waals surface area contributed by atoms with Gasteiger partial charge in [0.05, 0.1) is 0 Å². The number of piperidine rings is 1. The van der Waals surface area contributed by atoms with Crippen molar-refractivity contribution in [2.24, 2.45) is 0 Å². The smallest absolute Gasteiger partial charge is 0.407 e. The Morgan fingerprint density at radius 3 is 2.78 bits per heavy atom. The summed E-state index contributed by atoms with van der Waals surface area (Å²) in [5, 5.41) is 14.3. The Labute approximate surface area is 140 Å². The van der Waals surface area contributed by atoms with Gasteiger partial charge in [-0.2, -0.15) is 0 Å². The van der Waals surface area contributed by atoms with E-state index in [4.69, 9.17) is 4.74 Å². The number of carboxylic acid groups (broad SMARTS) is 1. The molecule has 2 atom stereocenters. The highest BCUT2D eigenvalue weighted by Crippen LogP contribution is 2.28. The van der Waals surface area contributed by atoms with E-state index >= 15 is 0 Å². The number of alkyl carbamates (subject to hydrolysis) is 1. The van der Waals surface area contributed by atoms with Crippen LogP contribution in [0.4, 0.5) is 4.79 Å². The lowest BCUT2D eigenvalue weighted by molar-refractivity contribution is -0.144. The molecule has 1 aliphatic rings. The van der Waals surface area contributed by atoms with Gasteiger partial charge in [-0.3, -0.25) is 9.69 Å². The molecule has 0 saturated carbocycles. The fourth-order valence-electron chi connectivity index (χ4n) is 2.74. The van der Waals surface area contributed by atoms with Crippen LogP contribution in [0, 0.1) is 0 Å². The number of nitrogens with one attached hydrogen (secondary N) is 1. The Bertz CT molecular complexity index is 539. The fourth-order valence-corrected chi connectivity index (χ4v) is 3.59. The zero-order chi connectivity index (χ0) is 17.0. The minimum Gasteiger partial charge on any atom is -0.480 e. The van der Waals surface area contributed by atoms with Gasteiger partial charge >= 0.3 is 12.1 Å².